The van der Waals surface area contributed by atoms with Crippen LogP contribution in [0.25, 0.3) is 0 Å². The second kappa shape index (κ2) is 6.15. The number of carbonyl (C=O) groups is 2. The number of hydrogen-bond acceptors (Lipinski definition) is 2. The summed E-state index contributed by atoms with van der Waals surface area (Å²) in [6.45, 7) is 5.20. The summed E-state index contributed by atoms with van der Waals surface area (Å²) >= 11 is 0. The van der Waals surface area contributed by atoms with Crippen molar-refractivity contribution in [3.05, 3.63) is 29.8 Å². The second-order valence-corrected chi connectivity index (χ2v) is 5.54. The number of carbonyl (C=O) groups excluding carboxylic acids is 2. The van der Waals surface area contributed by atoms with Crippen molar-refractivity contribution in [1.29, 1.82) is 0 Å². The molecule has 1 aromatic carbocycles. The molecule has 0 aliphatic heterocycles. The molecular weight excluding hydrogens is 285 g/mol. The van der Waals surface area contributed by atoms with Gasteiger partial charge in [-0.3, -0.25) is 9.59 Å². The van der Waals surface area contributed by atoms with Gasteiger partial charge in [0.1, 0.15) is 0 Å². The van der Waals surface area contributed by atoms with Crippen molar-refractivity contribution in [1.82, 2.24) is 5.32 Å². The first-order valence-electron chi connectivity index (χ1n) is 6.26. The van der Waals surface area contributed by atoms with E-state index in [1.807, 2.05) is 0 Å². The minimum absolute atomic E-state index is 0.0223. The number of benzene rings is 1. The van der Waals surface area contributed by atoms with Crippen LogP contribution in [0.4, 0.5) is 18.9 Å². The van der Waals surface area contributed by atoms with Crippen molar-refractivity contribution in [2.24, 2.45) is 5.41 Å². The number of hydrogen-bond donors (Lipinski definition) is 2. The SMILES string of the molecule is CC(C)(C)C(=O)NCc1ccccc1NC(=O)C(F)(F)F. The van der Waals surface area contributed by atoms with Gasteiger partial charge in [0.25, 0.3) is 0 Å². The Bertz CT molecular complexity index is 534. The molecule has 4 nitrogen and oxygen atoms in total. The van der Waals surface area contributed by atoms with Crippen molar-refractivity contribution in [2.45, 2.75) is 33.5 Å². The third kappa shape index (κ3) is 5.09. The van der Waals surface area contributed by atoms with Gasteiger partial charge in [-0.15, -0.1) is 0 Å². The predicted octanol–water partition coefficient (Wildman–Crippen LogP) is 2.85. The van der Waals surface area contributed by atoms with Crippen LogP contribution in [0.5, 0.6) is 0 Å². The Kier molecular flexibility index (Phi) is 4.98. The average Bonchev–Trinajstić information content (AvgIpc) is 2.35. The quantitative estimate of drug-likeness (QED) is 0.902. The van der Waals surface area contributed by atoms with Gasteiger partial charge in [0.2, 0.25) is 5.91 Å². The Hall–Kier alpha value is -2.05. The Balaban J connectivity index is 2.81. The molecule has 1 aromatic rings. The normalized spacial score (nSPS) is 11.9. The third-order valence-electron chi connectivity index (χ3n) is 2.64. The predicted molar refractivity (Wildman–Crippen MR) is 72.4 cm³/mol. The molecule has 1 rings (SSSR count). The number of halogens is 3. The largest absolute Gasteiger partial charge is 0.471 e. The Labute approximate surface area is 120 Å². The molecule has 0 aliphatic carbocycles. The van der Waals surface area contributed by atoms with E-state index in [1.54, 1.807) is 32.2 Å². The summed E-state index contributed by atoms with van der Waals surface area (Å²) in [5.41, 5.74) is -0.189. The Morgan fingerprint density at radius 1 is 1.05 bits per heavy atom. The van der Waals surface area contributed by atoms with Crippen LogP contribution in [-0.2, 0) is 16.1 Å². The maximum Gasteiger partial charge on any atom is 0.471 e. The van der Waals surface area contributed by atoms with E-state index in [-0.39, 0.29) is 18.1 Å². The lowest BCUT2D eigenvalue weighted by Crippen LogP contribution is -2.35. The molecule has 0 spiro atoms. The van der Waals surface area contributed by atoms with Gasteiger partial charge in [0.15, 0.2) is 0 Å². The molecule has 21 heavy (non-hydrogen) atoms. The molecule has 0 saturated carbocycles. The highest BCUT2D eigenvalue weighted by Crippen LogP contribution is 2.21. The fourth-order valence-electron chi connectivity index (χ4n) is 1.43. The number of nitrogens with one attached hydrogen (secondary N) is 2. The Morgan fingerprint density at radius 2 is 1.62 bits per heavy atom. The van der Waals surface area contributed by atoms with Crippen LogP contribution in [0.2, 0.25) is 0 Å². The number of para-hydroxylation sites is 1. The molecule has 0 aromatic heterocycles. The molecule has 2 amide bonds. The topological polar surface area (TPSA) is 58.2 Å². The van der Waals surface area contributed by atoms with E-state index in [9.17, 15) is 22.8 Å². The number of alkyl halides is 3. The lowest BCUT2D eigenvalue weighted by molar-refractivity contribution is -0.167. The first-order valence-corrected chi connectivity index (χ1v) is 6.26. The van der Waals surface area contributed by atoms with E-state index in [1.165, 1.54) is 18.2 Å². The fourth-order valence-corrected chi connectivity index (χ4v) is 1.43. The molecule has 0 bridgehead atoms. The third-order valence-corrected chi connectivity index (χ3v) is 2.64. The van der Waals surface area contributed by atoms with Crippen molar-refractivity contribution in [2.75, 3.05) is 5.32 Å². The smallest absolute Gasteiger partial charge is 0.351 e. The first-order chi connectivity index (χ1) is 9.51. The van der Waals surface area contributed by atoms with Crippen LogP contribution in [0.1, 0.15) is 26.3 Å². The van der Waals surface area contributed by atoms with Crippen LogP contribution < -0.4 is 10.6 Å². The average molecular weight is 302 g/mol. The molecule has 0 heterocycles. The molecule has 7 heteroatoms. The van der Waals surface area contributed by atoms with Crippen LogP contribution in [0.3, 0.4) is 0 Å². The zero-order valence-electron chi connectivity index (χ0n) is 12.0. The van der Waals surface area contributed by atoms with Gasteiger partial charge >= 0.3 is 12.1 Å². The van der Waals surface area contributed by atoms with E-state index in [2.05, 4.69) is 5.32 Å². The van der Waals surface area contributed by atoms with Crippen molar-refractivity contribution >= 4 is 17.5 Å². The summed E-state index contributed by atoms with van der Waals surface area (Å²) in [7, 11) is 0. The highest BCUT2D eigenvalue weighted by molar-refractivity contribution is 5.95. The summed E-state index contributed by atoms with van der Waals surface area (Å²) in [6, 6.07) is 6.00. The number of amides is 2. The van der Waals surface area contributed by atoms with Gasteiger partial charge in [-0.05, 0) is 11.6 Å². The number of rotatable bonds is 3. The summed E-state index contributed by atoms with van der Waals surface area (Å²) in [5, 5.41) is 4.42. The van der Waals surface area contributed by atoms with E-state index in [4.69, 9.17) is 0 Å². The van der Waals surface area contributed by atoms with Gasteiger partial charge < -0.3 is 10.6 Å². The zero-order valence-corrected chi connectivity index (χ0v) is 12.0. The van der Waals surface area contributed by atoms with Crippen LogP contribution >= 0.6 is 0 Å². The molecule has 0 radical (unpaired) electrons. The van der Waals surface area contributed by atoms with Crippen molar-refractivity contribution in [3.63, 3.8) is 0 Å². The molecule has 0 aliphatic rings. The van der Waals surface area contributed by atoms with Crippen molar-refractivity contribution < 1.29 is 22.8 Å². The molecule has 0 unspecified atom stereocenters. The summed E-state index contributed by atoms with van der Waals surface area (Å²) in [4.78, 5) is 22.7. The maximum absolute atomic E-state index is 12.3. The molecule has 0 atom stereocenters. The minimum atomic E-state index is -4.96. The Morgan fingerprint density at radius 3 is 2.14 bits per heavy atom. The van der Waals surface area contributed by atoms with E-state index < -0.39 is 17.5 Å². The summed E-state index contributed by atoms with van der Waals surface area (Å²) in [6.07, 6.45) is -4.96. The van der Waals surface area contributed by atoms with Crippen LogP contribution in [0.15, 0.2) is 24.3 Å². The number of anilines is 1. The molecular formula is C14H17F3N2O2. The summed E-state index contributed by atoms with van der Waals surface area (Å²) in [5.74, 6) is -2.28. The second-order valence-electron chi connectivity index (χ2n) is 5.54. The standard InChI is InChI=1S/C14H17F3N2O2/c1-13(2,3)11(20)18-8-9-6-4-5-7-10(9)19-12(21)14(15,16)17/h4-7H,8H2,1-3H3,(H,18,20)(H,19,21). The fraction of sp³-hybridized carbons (Fsp3) is 0.429. The van der Waals surface area contributed by atoms with Crippen LogP contribution in [-0.4, -0.2) is 18.0 Å². The van der Waals surface area contributed by atoms with Gasteiger partial charge in [0, 0.05) is 17.6 Å². The van der Waals surface area contributed by atoms with E-state index in [0.717, 1.165) is 0 Å². The summed E-state index contributed by atoms with van der Waals surface area (Å²) < 4.78 is 36.8. The van der Waals surface area contributed by atoms with Gasteiger partial charge in [-0.25, -0.2) is 0 Å². The highest BCUT2D eigenvalue weighted by atomic mass is 19.4. The van der Waals surface area contributed by atoms with Crippen LogP contribution in [0, 0.1) is 5.41 Å². The van der Waals surface area contributed by atoms with Gasteiger partial charge in [-0.1, -0.05) is 39.0 Å². The first kappa shape index (κ1) is 17.0. The maximum atomic E-state index is 12.3. The monoisotopic (exact) mass is 302 g/mol. The lowest BCUT2D eigenvalue weighted by Gasteiger charge is -2.19. The lowest BCUT2D eigenvalue weighted by atomic mass is 9.95. The van der Waals surface area contributed by atoms with E-state index >= 15 is 0 Å². The molecule has 0 saturated heterocycles. The molecule has 0 fully saturated rings. The van der Waals surface area contributed by atoms with Gasteiger partial charge in [0.05, 0.1) is 0 Å². The molecule has 116 valence electrons. The van der Waals surface area contributed by atoms with Crippen molar-refractivity contribution in [3.8, 4) is 0 Å². The molecule has 2 N–H and O–H groups in total. The van der Waals surface area contributed by atoms with Gasteiger partial charge in [-0.2, -0.15) is 13.2 Å². The zero-order chi connectivity index (χ0) is 16.3. The van der Waals surface area contributed by atoms with E-state index in [0.29, 0.717) is 5.56 Å². The highest BCUT2D eigenvalue weighted by Gasteiger charge is 2.38. The minimum Gasteiger partial charge on any atom is -0.351 e.